The molecule has 1 heterocycles. The van der Waals surface area contributed by atoms with Gasteiger partial charge in [-0.1, -0.05) is 58.0 Å². The molecule has 0 aliphatic carbocycles. The van der Waals surface area contributed by atoms with Crippen LogP contribution in [-0.4, -0.2) is 78.3 Å². The topological polar surface area (TPSA) is 146 Å². The number of rotatable bonds is 19. The first-order valence-corrected chi connectivity index (χ1v) is 14.7. The van der Waals surface area contributed by atoms with Crippen LogP contribution in [0.25, 0.3) is 0 Å². The molecule has 1 saturated heterocycles. The van der Waals surface area contributed by atoms with Gasteiger partial charge in [0.05, 0.1) is 13.2 Å². The number of hydrogen-bond acceptors (Lipinski definition) is 7. The average Bonchev–Trinajstić information content (AvgIpc) is 3.68. The smallest absolute Gasteiger partial charge is 0.251 e. The summed E-state index contributed by atoms with van der Waals surface area (Å²) in [5, 5.41) is 18.6. The van der Waals surface area contributed by atoms with Crippen molar-refractivity contribution >= 4 is 23.5 Å². The second kappa shape index (κ2) is 16.6. The number of epoxide rings is 1. The molecule has 1 aromatic rings. The molecule has 2 rings (SSSR count). The maximum atomic E-state index is 13.7. The highest BCUT2D eigenvalue weighted by Gasteiger charge is 2.47. The summed E-state index contributed by atoms with van der Waals surface area (Å²) in [7, 11) is 0. The van der Waals surface area contributed by atoms with Crippen LogP contribution >= 0.6 is 0 Å². The lowest BCUT2D eigenvalue weighted by molar-refractivity contribution is -0.137. The van der Waals surface area contributed by atoms with Crippen LogP contribution in [0.3, 0.4) is 0 Å². The first kappa shape index (κ1) is 34.4. The normalized spacial score (nSPS) is 19.2. The van der Waals surface area contributed by atoms with E-state index in [1.807, 2.05) is 44.2 Å². The number of aliphatic hydroxyl groups is 1. The Labute approximate surface area is 244 Å². The monoisotopic (exact) mass is 575 g/mol. The molecule has 0 radical (unpaired) electrons. The Kier molecular flexibility index (Phi) is 13.9. The van der Waals surface area contributed by atoms with E-state index < -0.39 is 47.6 Å². The Morgan fingerprint density at radius 1 is 0.927 bits per heavy atom. The third-order valence-corrected chi connectivity index (χ3v) is 7.08. The van der Waals surface area contributed by atoms with Gasteiger partial charge < -0.3 is 30.5 Å². The number of carbonyl (C=O) groups is 4. The average molecular weight is 576 g/mol. The second-order valence-electron chi connectivity index (χ2n) is 11.9. The summed E-state index contributed by atoms with van der Waals surface area (Å²) in [4.78, 5) is 52.5. The van der Waals surface area contributed by atoms with Crippen LogP contribution in [0, 0.1) is 11.8 Å². The van der Waals surface area contributed by atoms with E-state index >= 15 is 0 Å². The van der Waals surface area contributed by atoms with Gasteiger partial charge in [0, 0.05) is 25.5 Å². The molecule has 0 aromatic heterocycles. The molecule has 10 heteroatoms. The van der Waals surface area contributed by atoms with E-state index in [0.29, 0.717) is 32.0 Å². The van der Waals surface area contributed by atoms with Crippen molar-refractivity contribution in [3.63, 3.8) is 0 Å². The Morgan fingerprint density at radius 3 is 2.10 bits per heavy atom. The zero-order valence-electron chi connectivity index (χ0n) is 25.4. The lowest BCUT2D eigenvalue weighted by Gasteiger charge is -2.27. The number of benzene rings is 1. The third-order valence-electron chi connectivity index (χ3n) is 7.08. The van der Waals surface area contributed by atoms with Crippen molar-refractivity contribution in [2.24, 2.45) is 11.8 Å². The lowest BCUT2D eigenvalue weighted by Crippen LogP contribution is -2.57. The van der Waals surface area contributed by atoms with Crippen LogP contribution < -0.4 is 16.0 Å². The van der Waals surface area contributed by atoms with E-state index in [4.69, 9.17) is 9.47 Å². The van der Waals surface area contributed by atoms with Crippen LogP contribution in [0.5, 0.6) is 0 Å². The number of ether oxygens (including phenoxy) is 2. The van der Waals surface area contributed by atoms with Gasteiger partial charge in [0.25, 0.3) is 5.91 Å². The predicted octanol–water partition coefficient (Wildman–Crippen LogP) is 2.31. The zero-order chi connectivity index (χ0) is 30.6. The molecule has 4 N–H and O–H groups in total. The van der Waals surface area contributed by atoms with Crippen molar-refractivity contribution in [3.8, 4) is 0 Å². The number of carbonyl (C=O) groups excluding carboxylic acids is 4. The molecule has 230 valence electrons. The van der Waals surface area contributed by atoms with E-state index in [-0.39, 0.29) is 31.1 Å². The van der Waals surface area contributed by atoms with Crippen molar-refractivity contribution in [1.82, 2.24) is 16.0 Å². The molecular weight excluding hydrogens is 526 g/mol. The molecule has 1 unspecified atom stereocenters. The van der Waals surface area contributed by atoms with Gasteiger partial charge in [-0.2, -0.15) is 0 Å². The van der Waals surface area contributed by atoms with Gasteiger partial charge in [0.15, 0.2) is 11.9 Å². The fourth-order valence-electron chi connectivity index (χ4n) is 4.38. The van der Waals surface area contributed by atoms with Crippen LogP contribution in [0.15, 0.2) is 30.3 Å². The zero-order valence-corrected chi connectivity index (χ0v) is 25.4. The second-order valence-corrected chi connectivity index (χ2v) is 11.9. The summed E-state index contributed by atoms with van der Waals surface area (Å²) in [5.41, 5.74) is 0.0613. The van der Waals surface area contributed by atoms with Crippen LogP contribution in [-0.2, 0) is 35.1 Å². The molecule has 0 saturated carbocycles. The van der Waals surface area contributed by atoms with Gasteiger partial charge in [0.1, 0.15) is 17.7 Å². The highest BCUT2D eigenvalue weighted by Crippen LogP contribution is 2.29. The quantitative estimate of drug-likeness (QED) is 0.185. The maximum absolute atomic E-state index is 13.7. The standard InChI is InChI=1S/C31H49N3O7/c1-7-40-18-26(35)30(39)34-24(15-21(4)5)29(38)33-25(16-22-11-9-8-10-12-22)28(37)32-23(14-13-20(2)3)17-27(36)31(6)19-41-31/h8-12,20-21,23-26,35H,7,13-19H2,1-6H3,(H,32,37)(H,33,38)(H,34,39)/t23-,24?,25-,26-,31+/m0/s1. The Morgan fingerprint density at radius 2 is 1.54 bits per heavy atom. The molecule has 1 aromatic carbocycles. The van der Waals surface area contributed by atoms with Gasteiger partial charge in [0.2, 0.25) is 11.8 Å². The predicted molar refractivity (Wildman–Crippen MR) is 156 cm³/mol. The minimum absolute atomic E-state index is 0.0499. The molecular formula is C31H49N3O7. The van der Waals surface area contributed by atoms with E-state index in [9.17, 15) is 24.3 Å². The Balaban J connectivity index is 2.22. The van der Waals surface area contributed by atoms with E-state index in [0.717, 1.165) is 12.0 Å². The van der Waals surface area contributed by atoms with Gasteiger partial charge in [-0.3, -0.25) is 19.2 Å². The maximum Gasteiger partial charge on any atom is 0.251 e. The fraction of sp³-hybridized carbons (Fsp3) is 0.677. The lowest BCUT2D eigenvalue weighted by atomic mass is 9.94. The highest BCUT2D eigenvalue weighted by molar-refractivity contribution is 5.94. The number of Topliss-reactive ketones (excluding diaryl/α,β-unsaturated/α-hetero) is 1. The van der Waals surface area contributed by atoms with E-state index in [1.165, 1.54) is 0 Å². The first-order valence-electron chi connectivity index (χ1n) is 14.7. The Bertz CT molecular complexity index is 995. The fourth-order valence-corrected chi connectivity index (χ4v) is 4.38. The van der Waals surface area contributed by atoms with Crippen molar-refractivity contribution in [2.75, 3.05) is 19.8 Å². The molecule has 1 aliphatic rings. The van der Waals surface area contributed by atoms with Crippen LogP contribution in [0.4, 0.5) is 0 Å². The van der Waals surface area contributed by atoms with Crippen LogP contribution in [0.1, 0.15) is 72.8 Å². The number of amides is 3. The van der Waals surface area contributed by atoms with Gasteiger partial charge >= 0.3 is 0 Å². The summed E-state index contributed by atoms with van der Waals surface area (Å²) in [6.07, 6.45) is 0.684. The minimum Gasteiger partial charge on any atom is -0.381 e. The van der Waals surface area contributed by atoms with Gasteiger partial charge in [-0.05, 0) is 50.5 Å². The molecule has 0 bridgehead atoms. The van der Waals surface area contributed by atoms with E-state index in [2.05, 4.69) is 29.8 Å². The van der Waals surface area contributed by atoms with E-state index in [1.54, 1.807) is 13.8 Å². The number of hydrogen-bond donors (Lipinski definition) is 4. The SMILES string of the molecule is CCOC[C@H](O)C(=O)NC(CC(C)C)C(=O)N[C@@H](Cc1ccccc1)C(=O)N[C@@H](CCC(C)C)CC(=O)[C@@]1(C)CO1. The summed E-state index contributed by atoms with van der Waals surface area (Å²) in [6, 6.07) is 7.00. The molecule has 41 heavy (non-hydrogen) atoms. The molecule has 5 atom stereocenters. The molecule has 1 aliphatic heterocycles. The summed E-state index contributed by atoms with van der Waals surface area (Å²) < 4.78 is 10.4. The molecule has 1 fully saturated rings. The summed E-state index contributed by atoms with van der Waals surface area (Å²) in [5.74, 6) is -1.27. The summed E-state index contributed by atoms with van der Waals surface area (Å²) in [6.45, 7) is 12.0. The third kappa shape index (κ3) is 12.3. The van der Waals surface area contributed by atoms with Crippen molar-refractivity contribution in [2.45, 2.75) is 103 Å². The Hall–Kier alpha value is -2.82. The number of nitrogens with one attached hydrogen (secondary N) is 3. The summed E-state index contributed by atoms with van der Waals surface area (Å²) >= 11 is 0. The largest absolute Gasteiger partial charge is 0.381 e. The molecule has 3 amide bonds. The number of aliphatic hydroxyl groups excluding tert-OH is 1. The minimum atomic E-state index is -1.42. The highest BCUT2D eigenvalue weighted by atomic mass is 16.6. The first-order chi connectivity index (χ1) is 19.3. The molecule has 10 nitrogen and oxygen atoms in total. The van der Waals surface area contributed by atoms with Gasteiger partial charge in [-0.25, -0.2) is 0 Å². The number of ketones is 1. The van der Waals surface area contributed by atoms with Crippen molar-refractivity contribution in [1.29, 1.82) is 0 Å². The van der Waals surface area contributed by atoms with Crippen LogP contribution in [0.2, 0.25) is 0 Å². The van der Waals surface area contributed by atoms with Crippen molar-refractivity contribution < 1.29 is 33.8 Å². The van der Waals surface area contributed by atoms with Crippen molar-refractivity contribution in [3.05, 3.63) is 35.9 Å². The van der Waals surface area contributed by atoms with Gasteiger partial charge in [-0.15, -0.1) is 0 Å². The molecule has 0 spiro atoms.